The van der Waals surface area contributed by atoms with E-state index in [1.54, 1.807) is 4.57 Å². The highest BCUT2D eigenvalue weighted by Crippen LogP contribution is 2.26. The van der Waals surface area contributed by atoms with Gasteiger partial charge in [0.05, 0.1) is 5.39 Å². The van der Waals surface area contributed by atoms with Gasteiger partial charge in [-0.3, -0.25) is 4.79 Å². The Morgan fingerprint density at radius 2 is 2.22 bits per heavy atom. The van der Waals surface area contributed by atoms with Gasteiger partial charge < -0.3 is 19.9 Å². The zero-order valence-corrected chi connectivity index (χ0v) is 15.8. The zero-order valence-electron chi connectivity index (χ0n) is 15.8. The third-order valence-corrected chi connectivity index (χ3v) is 4.95. The summed E-state index contributed by atoms with van der Waals surface area (Å²) in [6.45, 7) is 8.69. The number of rotatable bonds is 6. The van der Waals surface area contributed by atoms with Crippen molar-refractivity contribution in [2.75, 3.05) is 24.5 Å². The van der Waals surface area contributed by atoms with Crippen molar-refractivity contribution in [2.24, 2.45) is 5.92 Å². The van der Waals surface area contributed by atoms with E-state index in [1.165, 1.54) is 6.20 Å². The Morgan fingerprint density at radius 3 is 2.85 bits per heavy atom. The SMILES string of the molecule is CCn1cc(C(=O)O)c(=O)c2cc(F)c(N3CCC(CNC(C)C)C3)nc21. The van der Waals surface area contributed by atoms with E-state index in [0.717, 1.165) is 19.0 Å². The molecule has 3 rings (SSSR count). The molecular formula is C19H25FN4O3. The number of carbonyl (C=O) groups is 1. The third-order valence-electron chi connectivity index (χ3n) is 4.95. The quantitative estimate of drug-likeness (QED) is 0.803. The summed E-state index contributed by atoms with van der Waals surface area (Å²) in [5, 5.41) is 12.6. The third kappa shape index (κ3) is 3.80. The molecule has 0 aromatic carbocycles. The number of fused-ring (bicyclic) bond motifs is 1. The lowest BCUT2D eigenvalue weighted by molar-refractivity contribution is 0.0695. The number of carboxylic acids is 1. The first-order valence-corrected chi connectivity index (χ1v) is 9.27. The maximum Gasteiger partial charge on any atom is 0.341 e. The predicted octanol–water partition coefficient (Wildman–Crippen LogP) is 2.08. The number of pyridine rings is 2. The standard InChI is InChI=1S/C19H25FN4O3/c1-4-23-10-14(19(26)27)16(25)13-7-15(20)18(22-17(13)23)24-6-5-12(9-24)8-21-11(2)3/h7,10-12,21H,4-6,8-9H2,1-3H3,(H,26,27). The van der Waals surface area contributed by atoms with Gasteiger partial charge in [-0.1, -0.05) is 13.8 Å². The molecule has 0 radical (unpaired) electrons. The summed E-state index contributed by atoms with van der Waals surface area (Å²) in [5.74, 6) is -1.29. The van der Waals surface area contributed by atoms with Crippen LogP contribution in [-0.4, -0.2) is 46.3 Å². The molecule has 0 aliphatic carbocycles. The van der Waals surface area contributed by atoms with Crippen molar-refractivity contribution >= 4 is 22.8 Å². The Kier molecular flexibility index (Phi) is 5.46. The van der Waals surface area contributed by atoms with Gasteiger partial charge in [0.1, 0.15) is 11.2 Å². The molecule has 3 heterocycles. The van der Waals surface area contributed by atoms with Gasteiger partial charge >= 0.3 is 5.97 Å². The van der Waals surface area contributed by atoms with E-state index in [9.17, 15) is 19.1 Å². The van der Waals surface area contributed by atoms with Crippen LogP contribution in [0.15, 0.2) is 17.1 Å². The second-order valence-corrected chi connectivity index (χ2v) is 7.29. The summed E-state index contributed by atoms with van der Waals surface area (Å²) in [4.78, 5) is 30.0. The number of aromatic carboxylic acids is 1. The largest absolute Gasteiger partial charge is 0.477 e. The number of anilines is 1. The molecule has 2 aromatic rings. The number of nitrogens with one attached hydrogen (secondary N) is 1. The summed E-state index contributed by atoms with van der Waals surface area (Å²) in [6, 6.07) is 1.52. The number of aryl methyl sites for hydroxylation is 1. The Morgan fingerprint density at radius 1 is 1.48 bits per heavy atom. The molecule has 0 saturated carbocycles. The number of nitrogens with zero attached hydrogens (tertiary/aromatic N) is 3. The molecule has 1 saturated heterocycles. The Hall–Kier alpha value is -2.48. The van der Waals surface area contributed by atoms with Gasteiger partial charge in [-0.05, 0) is 31.9 Å². The lowest BCUT2D eigenvalue weighted by atomic mass is 10.1. The van der Waals surface area contributed by atoms with Gasteiger partial charge in [-0.2, -0.15) is 0 Å². The number of hydrogen-bond donors (Lipinski definition) is 2. The van der Waals surface area contributed by atoms with Crippen molar-refractivity contribution in [3.63, 3.8) is 0 Å². The molecule has 1 aliphatic heterocycles. The maximum absolute atomic E-state index is 14.7. The molecule has 146 valence electrons. The molecule has 1 fully saturated rings. The summed E-state index contributed by atoms with van der Waals surface area (Å²) < 4.78 is 16.3. The summed E-state index contributed by atoms with van der Waals surface area (Å²) >= 11 is 0. The molecule has 2 N–H and O–H groups in total. The lowest BCUT2D eigenvalue weighted by Crippen LogP contribution is -2.31. The lowest BCUT2D eigenvalue weighted by Gasteiger charge is -2.20. The van der Waals surface area contributed by atoms with Crippen molar-refractivity contribution in [1.82, 2.24) is 14.9 Å². The highest BCUT2D eigenvalue weighted by Gasteiger charge is 2.27. The minimum atomic E-state index is -1.33. The molecule has 1 unspecified atom stereocenters. The molecule has 0 amide bonds. The summed E-state index contributed by atoms with van der Waals surface area (Å²) in [6.07, 6.45) is 2.22. The number of halogens is 1. The van der Waals surface area contributed by atoms with Crippen molar-refractivity contribution < 1.29 is 14.3 Å². The Labute approximate surface area is 156 Å². The van der Waals surface area contributed by atoms with Crippen LogP contribution in [0.5, 0.6) is 0 Å². The molecule has 0 spiro atoms. The molecule has 0 bridgehead atoms. The van der Waals surface area contributed by atoms with Gasteiger partial charge in [-0.25, -0.2) is 14.2 Å². The van der Waals surface area contributed by atoms with Crippen LogP contribution < -0.4 is 15.6 Å². The number of aromatic nitrogens is 2. The molecule has 8 heteroatoms. The van der Waals surface area contributed by atoms with E-state index in [0.29, 0.717) is 37.2 Å². The first-order chi connectivity index (χ1) is 12.8. The van der Waals surface area contributed by atoms with Gasteiger partial charge in [0.2, 0.25) is 5.43 Å². The fraction of sp³-hybridized carbons (Fsp3) is 0.526. The molecular weight excluding hydrogens is 351 g/mol. The van der Waals surface area contributed by atoms with Crippen LogP contribution in [0.2, 0.25) is 0 Å². The fourth-order valence-electron chi connectivity index (χ4n) is 3.49. The van der Waals surface area contributed by atoms with Crippen LogP contribution in [0.4, 0.5) is 10.2 Å². The highest BCUT2D eigenvalue weighted by molar-refractivity contribution is 5.92. The predicted molar refractivity (Wildman–Crippen MR) is 102 cm³/mol. The van der Waals surface area contributed by atoms with E-state index in [2.05, 4.69) is 24.1 Å². The minimum absolute atomic E-state index is 0.00442. The highest BCUT2D eigenvalue weighted by atomic mass is 19.1. The topological polar surface area (TPSA) is 87.5 Å². The van der Waals surface area contributed by atoms with Crippen LogP contribution in [-0.2, 0) is 6.54 Å². The molecule has 27 heavy (non-hydrogen) atoms. The van der Waals surface area contributed by atoms with Crippen molar-refractivity contribution in [3.05, 3.63) is 33.9 Å². The molecule has 1 aliphatic rings. The first-order valence-electron chi connectivity index (χ1n) is 9.27. The van der Waals surface area contributed by atoms with Crippen molar-refractivity contribution in [3.8, 4) is 0 Å². The normalized spacial score (nSPS) is 17.2. The molecule has 7 nitrogen and oxygen atoms in total. The van der Waals surface area contributed by atoms with Gasteiger partial charge in [0.25, 0.3) is 0 Å². The Bertz CT molecular complexity index is 925. The van der Waals surface area contributed by atoms with E-state index in [1.807, 2.05) is 11.8 Å². The second-order valence-electron chi connectivity index (χ2n) is 7.29. The van der Waals surface area contributed by atoms with Gasteiger partial charge in [0, 0.05) is 31.9 Å². The van der Waals surface area contributed by atoms with Crippen LogP contribution >= 0.6 is 0 Å². The maximum atomic E-state index is 14.7. The van der Waals surface area contributed by atoms with Crippen LogP contribution in [0.1, 0.15) is 37.6 Å². The average molecular weight is 376 g/mol. The minimum Gasteiger partial charge on any atom is -0.477 e. The zero-order chi connectivity index (χ0) is 19.7. The molecule has 1 atom stereocenters. The van der Waals surface area contributed by atoms with Crippen molar-refractivity contribution in [2.45, 2.75) is 39.8 Å². The first kappa shape index (κ1) is 19.3. The van der Waals surface area contributed by atoms with E-state index in [4.69, 9.17) is 0 Å². The smallest absolute Gasteiger partial charge is 0.341 e. The molecule has 2 aromatic heterocycles. The number of carboxylic acid groups (broad SMARTS) is 1. The monoisotopic (exact) mass is 376 g/mol. The number of hydrogen-bond acceptors (Lipinski definition) is 5. The summed E-state index contributed by atoms with van der Waals surface area (Å²) in [5.41, 5.74) is -0.771. The van der Waals surface area contributed by atoms with E-state index >= 15 is 0 Å². The van der Waals surface area contributed by atoms with Crippen LogP contribution in [0.25, 0.3) is 11.0 Å². The Balaban J connectivity index is 1.99. The van der Waals surface area contributed by atoms with Crippen LogP contribution in [0.3, 0.4) is 0 Å². The van der Waals surface area contributed by atoms with E-state index < -0.39 is 17.2 Å². The van der Waals surface area contributed by atoms with Crippen LogP contribution in [0, 0.1) is 11.7 Å². The average Bonchev–Trinajstić information content (AvgIpc) is 3.08. The van der Waals surface area contributed by atoms with Crippen molar-refractivity contribution in [1.29, 1.82) is 0 Å². The summed E-state index contributed by atoms with van der Waals surface area (Å²) in [7, 11) is 0. The fourth-order valence-corrected chi connectivity index (χ4v) is 3.49. The second kappa shape index (κ2) is 7.64. The van der Waals surface area contributed by atoms with Gasteiger partial charge in [-0.15, -0.1) is 0 Å². The van der Waals surface area contributed by atoms with Gasteiger partial charge in [0.15, 0.2) is 11.6 Å². The van der Waals surface area contributed by atoms with E-state index in [-0.39, 0.29) is 16.8 Å².